The van der Waals surface area contributed by atoms with Crippen molar-refractivity contribution in [3.8, 4) is 0 Å². The van der Waals surface area contributed by atoms with Crippen molar-refractivity contribution in [2.45, 2.75) is 57.4 Å². The molecule has 3 nitrogen and oxygen atoms in total. The maximum atomic E-state index is 12.3. The zero-order valence-electron chi connectivity index (χ0n) is 11.9. The normalized spacial score (nSPS) is 23.2. The molecule has 1 rings (SSSR count). The Labute approximate surface area is 116 Å². The van der Waals surface area contributed by atoms with Gasteiger partial charge in [0.1, 0.15) is 0 Å². The Morgan fingerprint density at radius 1 is 1.39 bits per heavy atom. The molecule has 0 bridgehead atoms. The van der Waals surface area contributed by atoms with Crippen LogP contribution in [0.25, 0.3) is 0 Å². The van der Waals surface area contributed by atoms with Gasteiger partial charge in [-0.15, -0.1) is 0 Å². The minimum Gasteiger partial charge on any atom is -0.354 e. The van der Waals surface area contributed by atoms with Crippen LogP contribution in [0.2, 0.25) is 0 Å². The summed E-state index contributed by atoms with van der Waals surface area (Å²) in [6.07, 6.45) is 9.88. The van der Waals surface area contributed by atoms with Gasteiger partial charge in [-0.05, 0) is 50.7 Å². The Bertz CT molecular complexity index is 240. The van der Waals surface area contributed by atoms with Crippen LogP contribution in [0.1, 0.15) is 51.9 Å². The van der Waals surface area contributed by atoms with Gasteiger partial charge in [-0.1, -0.05) is 19.8 Å². The molecule has 0 aromatic rings. The highest BCUT2D eigenvalue weighted by atomic mass is 32.2. The number of unbranched alkanes of at least 4 members (excludes halogenated alkanes) is 2. The molecular weight excluding hydrogens is 244 g/mol. The average molecular weight is 272 g/mol. The third kappa shape index (κ3) is 4.81. The van der Waals surface area contributed by atoms with Crippen LogP contribution in [0.15, 0.2) is 0 Å². The van der Waals surface area contributed by atoms with Crippen molar-refractivity contribution in [1.29, 1.82) is 0 Å². The first-order valence-electron chi connectivity index (χ1n) is 7.27. The molecule has 1 fully saturated rings. The van der Waals surface area contributed by atoms with Gasteiger partial charge in [0.2, 0.25) is 5.91 Å². The van der Waals surface area contributed by atoms with Gasteiger partial charge in [0.05, 0.1) is 5.54 Å². The third-order valence-electron chi connectivity index (χ3n) is 3.67. The van der Waals surface area contributed by atoms with Crippen molar-refractivity contribution in [1.82, 2.24) is 10.6 Å². The average Bonchev–Trinajstić information content (AvgIpc) is 2.83. The van der Waals surface area contributed by atoms with Gasteiger partial charge in [-0.3, -0.25) is 4.79 Å². The van der Waals surface area contributed by atoms with Crippen LogP contribution in [-0.4, -0.2) is 36.5 Å². The second-order valence-corrected chi connectivity index (χ2v) is 6.16. The van der Waals surface area contributed by atoms with Crippen LogP contribution in [-0.2, 0) is 4.79 Å². The van der Waals surface area contributed by atoms with E-state index < -0.39 is 0 Å². The molecule has 1 saturated heterocycles. The molecule has 4 heteroatoms. The minimum atomic E-state index is -0.256. The first-order chi connectivity index (χ1) is 8.75. The Morgan fingerprint density at radius 2 is 2.22 bits per heavy atom. The number of carbonyl (C=O) groups is 1. The number of hydrogen-bond acceptors (Lipinski definition) is 3. The lowest BCUT2D eigenvalue weighted by Gasteiger charge is -2.27. The van der Waals surface area contributed by atoms with E-state index in [1.807, 2.05) is 11.8 Å². The Kier molecular flexibility index (Phi) is 7.75. The Hall–Kier alpha value is -0.220. The fourth-order valence-corrected chi connectivity index (χ4v) is 3.17. The summed E-state index contributed by atoms with van der Waals surface area (Å²) in [5, 5.41) is 6.54. The van der Waals surface area contributed by atoms with E-state index in [9.17, 15) is 4.79 Å². The number of carbonyl (C=O) groups excluding carboxylic acids is 1. The highest BCUT2D eigenvalue weighted by Crippen LogP contribution is 2.24. The molecule has 1 amide bonds. The molecule has 2 N–H and O–H groups in total. The van der Waals surface area contributed by atoms with E-state index in [0.717, 1.165) is 45.2 Å². The molecule has 18 heavy (non-hydrogen) atoms. The molecule has 0 radical (unpaired) electrons. The van der Waals surface area contributed by atoms with Gasteiger partial charge >= 0.3 is 0 Å². The Morgan fingerprint density at radius 3 is 2.83 bits per heavy atom. The molecule has 1 aliphatic heterocycles. The first-order valence-corrected chi connectivity index (χ1v) is 8.67. The van der Waals surface area contributed by atoms with Crippen molar-refractivity contribution in [3.63, 3.8) is 0 Å². The molecule has 1 heterocycles. The summed E-state index contributed by atoms with van der Waals surface area (Å²) in [5.74, 6) is 1.46. The Balaban J connectivity index is 2.21. The summed E-state index contributed by atoms with van der Waals surface area (Å²) in [7, 11) is 0. The van der Waals surface area contributed by atoms with Crippen molar-refractivity contribution in [2.24, 2.45) is 0 Å². The first kappa shape index (κ1) is 15.8. The SMILES string of the molecule is CCCC1(C(=O)NCCCCCSC)CCCN1. The quantitative estimate of drug-likeness (QED) is 0.634. The predicted molar refractivity (Wildman–Crippen MR) is 80.1 cm³/mol. The standard InChI is InChI=1S/C14H28N2OS/c1-3-8-14(9-7-11-16-14)13(17)15-10-5-4-6-12-18-2/h16H,3-12H2,1-2H3,(H,15,17). The van der Waals surface area contributed by atoms with Crippen molar-refractivity contribution in [2.75, 3.05) is 25.1 Å². The van der Waals surface area contributed by atoms with Crippen molar-refractivity contribution >= 4 is 17.7 Å². The highest BCUT2D eigenvalue weighted by Gasteiger charge is 2.39. The fraction of sp³-hybridized carbons (Fsp3) is 0.929. The van der Waals surface area contributed by atoms with E-state index in [4.69, 9.17) is 0 Å². The van der Waals surface area contributed by atoms with Crippen LogP contribution >= 0.6 is 11.8 Å². The summed E-state index contributed by atoms with van der Waals surface area (Å²) < 4.78 is 0. The van der Waals surface area contributed by atoms with E-state index in [1.54, 1.807) is 0 Å². The topological polar surface area (TPSA) is 41.1 Å². The van der Waals surface area contributed by atoms with Crippen LogP contribution in [0.5, 0.6) is 0 Å². The molecule has 106 valence electrons. The largest absolute Gasteiger partial charge is 0.354 e. The van der Waals surface area contributed by atoms with Crippen LogP contribution in [0.3, 0.4) is 0 Å². The molecule has 1 aliphatic rings. The number of thioether (sulfide) groups is 1. The van der Waals surface area contributed by atoms with Gasteiger partial charge < -0.3 is 10.6 Å². The molecule has 0 aromatic carbocycles. The molecule has 1 atom stereocenters. The molecule has 0 aromatic heterocycles. The van der Waals surface area contributed by atoms with Crippen molar-refractivity contribution < 1.29 is 4.79 Å². The number of rotatable bonds is 9. The van der Waals surface area contributed by atoms with E-state index in [0.29, 0.717) is 0 Å². The molecule has 0 saturated carbocycles. The van der Waals surface area contributed by atoms with E-state index in [1.165, 1.54) is 18.6 Å². The van der Waals surface area contributed by atoms with Crippen LogP contribution in [0.4, 0.5) is 0 Å². The third-order valence-corrected chi connectivity index (χ3v) is 4.36. The smallest absolute Gasteiger partial charge is 0.240 e. The van der Waals surface area contributed by atoms with Gasteiger partial charge in [0, 0.05) is 6.54 Å². The molecule has 0 aliphatic carbocycles. The summed E-state index contributed by atoms with van der Waals surface area (Å²) in [5.41, 5.74) is -0.256. The highest BCUT2D eigenvalue weighted by molar-refractivity contribution is 7.98. The number of hydrogen-bond donors (Lipinski definition) is 2. The lowest BCUT2D eigenvalue weighted by molar-refractivity contribution is -0.127. The number of nitrogens with one attached hydrogen (secondary N) is 2. The van der Waals surface area contributed by atoms with Gasteiger partial charge in [-0.2, -0.15) is 11.8 Å². The summed E-state index contributed by atoms with van der Waals surface area (Å²) in [4.78, 5) is 12.3. The monoisotopic (exact) mass is 272 g/mol. The van der Waals surface area contributed by atoms with Gasteiger partial charge in [-0.25, -0.2) is 0 Å². The zero-order chi connectivity index (χ0) is 13.3. The fourth-order valence-electron chi connectivity index (χ4n) is 2.67. The molecular formula is C14H28N2OS. The maximum Gasteiger partial charge on any atom is 0.240 e. The van der Waals surface area contributed by atoms with Gasteiger partial charge in [0.25, 0.3) is 0 Å². The van der Waals surface area contributed by atoms with Crippen LogP contribution < -0.4 is 10.6 Å². The summed E-state index contributed by atoms with van der Waals surface area (Å²) in [6, 6.07) is 0. The molecule has 0 spiro atoms. The van der Waals surface area contributed by atoms with Gasteiger partial charge in [0.15, 0.2) is 0 Å². The van der Waals surface area contributed by atoms with E-state index in [2.05, 4.69) is 23.8 Å². The van der Waals surface area contributed by atoms with E-state index in [-0.39, 0.29) is 11.4 Å². The second kappa shape index (κ2) is 8.81. The minimum absolute atomic E-state index is 0.228. The lowest BCUT2D eigenvalue weighted by atomic mass is 9.91. The number of amides is 1. The maximum absolute atomic E-state index is 12.3. The second-order valence-electron chi connectivity index (χ2n) is 5.17. The summed E-state index contributed by atoms with van der Waals surface area (Å²) >= 11 is 1.89. The summed E-state index contributed by atoms with van der Waals surface area (Å²) in [6.45, 7) is 3.97. The zero-order valence-corrected chi connectivity index (χ0v) is 12.7. The predicted octanol–water partition coefficient (Wildman–Crippen LogP) is 2.56. The lowest BCUT2D eigenvalue weighted by Crippen LogP contribution is -2.53. The van der Waals surface area contributed by atoms with Crippen LogP contribution in [0, 0.1) is 0 Å². The van der Waals surface area contributed by atoms with E-state index >= 15 is 0 Å². The van der Waals surface area contributed by atoms with Crippen molar-refractivity contribution in [3.05, 3.63) is 0 Å². The molecule has 1 unspecified atom stereocenters.